The van der Waals surface area contributed by atoms with Crippen molar-refractivity contribution in [3.63, 3.8) is 0 Å². The van der Waals surface area contributed by atoms with Crippen LogP contribution in [0.15, 0.2) is 30.4 Å². The molecule has 0 saturated carbocycles. The topological polar surface area (TPSA) is 104 Å². The fraction of sp³-hybridized carbons (Fsp3) is 0.357. The third-order valence-electron chi connectivity index (χ3n) is 3.47. The number of amides is 2. The fourth-order valence-corrected chi connectivity index (χ4v) is 2.30. The van der Waals surface area contributed by atoms with Crippen molar-refractivity contribution >= 4 is 17.4 Å². The zero-order chi connectivity index (χ0) is 15.4. The van der Waals surface area contributed by atoms with Gasteiger partial charge in [-0.1, -0.05) is 18.2 Å². The lowest BCUT2D eigenvalue weighted by Gasteiger charge is -2.14. The van der Waals surface area contributed by atoms with Crippen LogP contribution in [-0.4, -0.2) is 28.7 Å². The third kappa shape index (κ3) is 3.57. The number of rotatable bonds is 4. The highest BCUT2D eigenvalue weighted by Gasteiger charge is 2.20. The van der Waals surface area contributed by atoms with Crippen molar-refractivity contribution in [3.05, 3.63) is 46.0 Å². The zero-order valence-electron chi connectivity index (χ0n) is 11.6. The number of nitro groups is 1. The van der Waals surface area contributed by atoms with Crippen molar-refractivity contribution in [1.29, 1.82) is 0 Å². The number of anilines is 1. The van der Waals surface area contributed by atoms with Crippen LogP contribution in [0.2, 0.25) is 0 Å². The molecule has 112 valence electrons. The molecule has 2 rings (SSSR count). The first kappa shape index (κ1) is 15.0. The van der Waals surface area contributed by atoms with Gasteiger partial charge in [0.15, 0.2) is 0 Å². The molecule has 2 atom stereocenters. The predicted molar refractivity (Wildman–Crippen MR) is 78.1 cm³/mol. The molecule has 1 aromatic rings. The van der Waals surface area contributed by atoms with Gasteiger partial charge >= 0.3 is 6.03 Å². The molecule has 0 aromatic heterocycles. The molecule has 0 saturated heterocycles. The lowest BCUT2D eigenvalue weighted by atomic mass is 10.1. The molecule has 0 aliphatic heterocycles. The second kappa shape index (κ2) is 6.36. The molecule has 0 spiro atoms. The summed E-state index contributed by atoms with van der Waals surface area (Å²) in [5.74, 6) is 0.0647. The van der Waals surface area contributed by atoms with Crippen molar-refractivity contribution in [2.45, 2.75) is 19.4 Å². The first-order valence-corrected chi connectivity index (χ1v) is 6.62. The smallest absolute Gasteiger partial charge is 0.319 e. The molecule has 3 N–H and O–H groups in total. The van der Waals surface area contributed by atoms with Crippen LogP contribution in [0.5, 0.6) is 0 Å². The number of nitrogens with zero attached hydrogens (tertiary/aromatic N) is 1. The molecule has 2 amide bonds. The van der Waals surface area contributed by atoms with E-state index in [4.69, 9.17) is 5.11 Å². The molecule has 0 heterocycles. The van der Waals surface area contributed by atoms with E-state index in [1.54, 1.807) is 13.0 Å². The molecule has 1 aliphatic carbocycles. The van der Waals surface area contributed by atoms with Crippen LogP contribution >= 0.6 is 0 Å². The van der Waals surface area contributed by atoms with Gasteiger partial charge in [-0.25, -0.2) is 4.79 Å². The summed E-state index contributed by atoms with van der Waals surface area (Å²) in [6.07, 6.45) is 4.35. The molecule has 21 heavy (non-hydrogen) atoms. The Bertz CT molecular complexity index is 586. The largest absolute Gasteiger partial charge is 0.396 e. The summed E-state index contributed by atoms with van der Waals surface area (Å²) in [6, 6.07) is 3.97. The highest BCUT2D eigenvalue weighted by Crippen LogP contribution is 2.25. The van der Waals surface area contributed by atoms with E-state index < -0.39 is 11.0 Å². The fourth-order valence-electron chi connectivity index (χ4n) is 2.30. The van der Waals surface area contributed by atoms with E-state index in [0.29, 0.717) is 17.7 Å². The van der Waals surface area contributed by atoms with Crippen LogP contribution in [0.4, 0.5) is 16.2 Å². The number of benzene rings is 1. The summed E-state index contributed by atoms with van der Waals surface area (Å²) in [6.45, 7) is 1.64. The monoisotopic (exact) mass is 291 g/mol. The molecule has 1 aromatic carbocycles. The molecule has 0 fully saturated rings. The summed E-state index contributed by atoms with van der Waals surface area (Å²) < 4.78 is 0. The Hall–Kier alpha value is -2.41. The Kier molecular flexibility index (Phi) is 4.54. The Balaban J connectivity index is 1.99. The van der Waals surface area contributed by atoms with E-state index in [1.165, 1.54) is 12.1 Å². The minimum absolute atomic E-state index is 0.0334. The van der Waals surface area contributed by atoms with Gasteiger partial charge < -0.3 is 15.7 Å². The van der Waals surface area contributed by atoms with Crippen molar-refractivity contribution < 1.29 is 14.8 Å². The number of hydrogen-bond acceptors (Lipinski definition) is 4. The van der Waals surface area contributed by atoms with Gasteiger partial charge in [0.2, 0.25) is 0 Å². The van der Waals surface area contributed by atoms with Crippen LogP contribution in [0.1, 0.15) is 12.0 Å². The maximum absolute atomic E-state index is 11.9. The van der Waals surface area contributed by atoms with Gasteiger partial charge in [-0.05, 0) is 19.4 Å². The average molecular weight is 291 g/mol. The number of aliphatic hydroxyl groups excluding tert-OH is 1. The second-order valence-corrected chi connectivity index (χ2v) is 4.98. The van der Waals surface area contributed by atoms with Crippen molar-refractivity contribution in [2.75, 3.05) is 11.9 Å². The maximum atomic E-state index is 11.9. The lowest BCUT2D eigenvalue weighted by molar-refractivity contribution is -0.385. The van der Waals surface area contributed by atoms with E-state index in [0.717, 1.165) is 0 Å². The van der Waals surface area contributed by atoms with Crippen LogP contribution in [0, 0.1) is 23.0 Å². The molecule has 7 heteroatoms. The van der Waals surface area contributed by atoms with Gasteiger partial charge in [-0.2, -0.15) is 0 Å². The molecule has 0 bridgehead atoms. The highest BCUT2D eigenvalue weighted by atomic mass is 16.6. The third-order valence-corrected chi connectivity index (χ3v) is 3.47. The van der Waals surface area contributed by atoms with Crippen LogP contribution in [0.25, 0.3) is 0 Å². The first-order chi connectivity index (χ1) is 10.0. The number of urea groups is 1. The van der Waals surface area contributed by atoms with Gasteiger partial charge in [0.25, 0.3) is 5.69 Å². The number of nitro benzene ring substituents is 1. The summed E-state index contributed by atoms with van der Waals surface area (Å²) >= 11 is 0. The minimum atomic E-state index is -0.482. The number of carbonyl (C=O) groups is 1. The summed E-state index contributed by atoms with van der Waals surface area (Å²) in [5, 5.41) is 25.2. The minimum Gasteiger partial charge on any atom is -0.396 e. The quantitative estimate of drug-likeness (QED) is 0.448. The van der Waals surface area contributed by atoms with Crippen molar-refractivity contribution in [1.82, 2.24) is 5.32 Å². The summed E-state index contributed by atoms with van der Waals surface area (Å²) in [7, 11) is 0. The van der Waals surface area contributed by atoms with Crippen molar-refractivity contribution in [2.24, 2.45) is 5.92 Å². The van der Waals surface area contributed by atoms with Crippen LogP contribution in [0.3, 0.4) is 0 Å². The second-order valence-electron chi connectivity index (χ2n) is 4.98. The van der Waals surface area contributed by atoms with Gasteiger partial charge in [-0.3, -0.25) is 10.1 Å². The van der Waals surface area contributed by atoms with E-state index in [-0.39, 0.29) is 24.3 Å². The normalized spacial score (nSPS) is 20.3. The number of carbonyl (C=O) groups excluding carboxylic acids is 1. The average Bonchev–Trinajstić information content (AvgIpc) is 2.88. The predicted octanol–water partition coefficient (Wildman–Crippen LogP) is 1.96. The van der Waals surface area contributed by atoms with Gasteiger partial charge in [0, 0.05) is 24.6 Å². The molecule has 1 aliphatic rings. The number of nitrogens with one attached hydrogen (secondary N) is 2. The van der Waals surface area contributed by atoms with Gasteiger partial charge in [0.05, 0.1) is 16.2 Å². The van der Waals surface area contributed by atoms with Gasteiger partial charge in [-0.15, -0.1) is 0 Å². The van der Waals surface area contributed by atoms with E-state index >= 15 is 0 Å². The lowest BCUT2D eigenvalue weighted by Crippen LogP contribution is -2.36. The maximum Gasteiger partial charge on any atom is 0.319 e. The number of hydrogen-bond donors (Lipinski definition) is 3. The van der Waals surface area contributed by atoms with E-state index in [2.05, 4.69) is 10.6 Å². The molecule has 0 unspecified atom stereocenters. The van der Waals surface area contributed by atoms with E-state index in [1.807, 2.05) is 12.2 Å². The SMILES string of the molecule is Cc1c(NC(=O)N[C@@H]2C=C[C@H](CO)C2)cccc1[N+](=O)[O-]. The highest BCUT2D eigenvalue weighted by molar-refractivity contribution is 5.91. The molecular formula is C14H17N3O4. The summed E-state index contributed by atoms with van der Waals surface area (Å²) in [4.78, 5) is 22.3. The Morgan fingerprint density at radius 1 is 1.48 bits per heavy atom. The van der Waals surface area contributed by atoms with Crippen molar-refractivity contribution in [3.8, 4) is 0 Å². The molecular weight excluding hydrogens is 274 g/mol. The summed E-state index contributed by atoms with van der Waals surface area (Å²) in [5.41, 5.74) is 0.782. The Morgan fingerprint density at radius 3 is 2.86 bits per heavy atom. The molecule has 7 nitrogen and oxygen atoms in total. The zero-order valence-corrected chi connectivity index (χ0v) is 11.6. The standard InChI is InChI=1S/C14H17N3O4/c1-9-12(3-2-4-13(9)17(20)21)16-14(19)15-11-6-5-10(7-11)8-18/h2-6,10-11,18H,7-8H2,1H3,(H2,15,16,19)/t10-,11+/m0/s1. The molecule has 0 radical (unpaired) electrons. The first-order valence-electron chi connectivity index (χ1n) is 6.62. The Labute approximate surface area is 121 Å². The van der Waals surface area contributed by atoms with Gasteiger partial charge in [0.1, 0.15) is 0 Å². The van der Waals surface area contributed by atoms with Crippen LogP contribution < -0.4 is 10.6 Å². The number of aliphatic hydroxyl groups is 1. The Morgan fingerprint density at radius 2 is 2.24 bits per heavy atom. The van der Waals surface area contributed by atoms with Crippen LogP contribution in [-0.2, 0) is 0 Å². The van der Waals surface area contributed by atoms with E-state index in [9.17, 15) is 14.9 Å².